The maximum atomic E-state index is 13.6. The molecule has 1 aromatic heterocycles. The summed E-state index contributed by atoms with van der Waals surface area (Å²) < 4.78 is 41.6. The number of anilines is 3. The van der Waals surface area contributed by atoms with E-state index in [2.05, 4.69) is 26.6 Å². The predicted molar refractivity (Wildman–Crippen MR) is 190 cm³/mol. The topological polar surface area (TPSA) is 127 Å². The Hall–Kier alpha value is -4.77. The molecule has 0 spiro atoms. The lowest BCUT2D eigenvalue weighted by Crippen LogP contribution is -2.31. The summed E-state index contributed by atoms with van der Waals surface area (Å²) >= 11 is 6.57. The molecule has 0 bridgehead atoms. The van der Waals surface area contributed by atoms with E-state index in [1.54, 1.807) is 62.8 Å². The zero-order valence-electron chi connectivity index (χ0n) is 27.9. The number of methoxy groups -OCH3 is 2. The Morgan fingerprint density at radius 1 is 1.14 bits per heavy atom. The van der Waals surface area contributed by atoms with Crippen molar-refractivity contribution in [3.05, 3.63) is 94.9 Å². The second-order valence-corrected chi connectivity index (χ2v) is 11.9. The number of nitriles is 1. The van der Waals surface area contributed by atoms with E-state index in [1.165, 1.54) is 24.4 Å². The third-order valence-corrected chi connectivity index (χ3v) is 8.17. The highest BCUT2D eigenvalue weighted by atomic mass is 35.5. The van der Waals surface area contributed by atoms with Crippen LogP contribution < -0.4 is 20.1 Å². The van der Waals surface area contributed by atoms with Crippen LogP contribution in [0.2, 0.25) is 5.02 Å². The number of nitrogens with zero attached hydrogens (tertiary/aromatic N) is 3. The smallest absolute Gasteiger partial charge is 0.248 e. The van der Waals surface area contributed by atoms with Crippen molar-refractivity contribution in [2.24, 2.45) is 0 Å². The molecule has 0 saturated carbocycles. The summed E-state index contributed by atoms with van der Waals surface area (Å²) in [7, 11) is 3.29. The van der Waals surface area contributed by atoms with Gasteiger partial charge in [0, 0.05) is 69.7 Å². The molecule has 1 saturated heterocycles. The zero-order valence-corrected chi connectivity index (χ0v) is 28.7. The Kier molecular flexibility index (Phi) is 13.4. The number of ether oxygens (including phenoxy) is 5. The summed E-state index contributed by atoms with van der Waals surface area (Å²) in [6.07, 6.45) is 5.26. The third-order valence-electron chi connectivity index (χ3n) is 7.87. The molecule has 1 aliphatic heterocycles. The lowest BCUT2D eigenvalue weighted by molar-refractivity contribution is -0.111. The Morgan fingerprint density at radius 3 is 2.66 bits per heavy atom. The number of amides is 1. The second kappa shape index (κ2) is 18.3. The molecule has 50 heavy (non-hydrogen) atoms. The molecule has 1 fully saturated rings. The Bertz CT molecular complexity index is 1840. The summed E-state index contributed by atoms with van der Waals surface area (Å²) in [4.78, 5) is 19.8. The number of nitrogens with one attached hydrogen (secondary N) is 2. The molecule has 2 N–H and O–H groups in total. The number of fused-ring (bicyclic) bond motifs is 1. The average Bonchev–Trinajstić information content (AvgIpc) is 3.62. The number of aromatic nitrogens is 1. The van der Waals surface area contributed by atoms with Gasteiger partial charge < -0.3 is 34.3 Å². The van der Waals surface area contributed by atoms with Crippen LogP contribution in [0.5, 0.6) is 11.5 Å². The molecule has 1 atom stereocenters. The summed E-state index contributed by atoms with van der Waals surface area (Å²) in [6.45, 7) is 4.18. The summed E-state index contributed by atoms with van der Waals surface area (Å²) in [5.74, 6) is 0.147. The van der Waals surface area contributed by atoms with Gasteiger partial charge in [0.25, 0.3) is 0 Å². The second-order valence-electron chi connectivity index (χ2n) is 11.5. The highest BCUT2D eigenvalue weighted by molar-refractivity contribution is 6.32. The van der Waals surface area contributed by atoms with Gasteiger partial charge in [0.1, 0.15) is 36.1 Å². The van der Waals surface area contributed by atoms with Crippen molar-refractivity contribution < 1.29 is 32.9 Å². The lowest BCUT2D eigenvalue weighted by atomic mass is 10.1. The molecule has 1 amide bonds. The quantitative estimate of drug-likeness (QED) is 0.118. The van der Waals surface area contributed by atoms with Crippen LogP contribution in [0.15, 0.2) is 72.9 Å². The van der Waals surface area contributed by atoms with E-state index in [-0.39, 0.29) is 30.0 Å². The molecule has 1 unspecified atom stereocenters. The van der Waals surface area contributed by atoms with Gasteiger partial charge in [-0.25, -0.2) is 4.39 Å². The van der Waals surface area contributed by atoms with E-state index < -0.39 is 0 Å². The lowest BCUT2D eigenvalue weighted by Gasteiger charge is -2.20. The Labute approximate surface area is 295 Å². The van der Waals surface area contributed by atoms with Gasteiger partial charge in [-0.2, -0.15) is 5.26 Å². The third kappa shape index (κ3) is 10.1. The van der Waals surface area contributed by atoms with Crippen molar-refractivity contribution in [2.75, 3.05) is 70.9 Å². The molecule has 2 heterocycles. The van der Waals surface area contributed by atoms with Gasteiger partial charge >= 0.3 is 0 Å². The molecule has 262 valence electrons. The van der Waals surface area contributed by atoms with Crippen molar-refractivity contribution >= 4 is 45.5 Å². The molecule has 0 radical (unpaired) electrons. The number of hydrogen-bond acceptors (Lipinski definition) is 10. The SMILES string of the molecule is COCCN(C/C=C/C(=O)Nc1cc2c(Nc3ccc(OCc4cccc(F)c4)c(Cl)c3)c(C#N)cnc2cc1OC1CCOC1)CCOC. The van der Waals surface area contributed by atoms with Gasteiger partial charge in [-0.05, 0) is 42.0 Å². The monoisotopic (exact) mass is 703 g/mol. The van der Waals surface area contributed by atoms with E-state index in [0.29, 0.717) is 103 Å². The fourth-order valence-corrected chi connectivity index (χ4v) is 5.50. The number of carbonyl (C=O) groups is 1. The largest absolute Gasteiger partial charge is 0.487 e. The van der Waals surface area contributed by atoms with Crippen LogP contribution in [0, 0.1) is 17.1 Å². The minimum absolute atomic E-state index is 0.138. The van der Waals surface area contributed by atoms with Gasteiger partial charge in [-0.3, -0.25) is 14.7 Å². The summed E-state index contributed by atoms with van der Waals surface area (Å²) in [5, 5.41) is 17.2. The summed E-state index contributed by atoms with van der Waals surface area (Å²) in [6, 6.07) is 16.9. The standard InChI is InChI=1S/C37H39ClFN5O6/c1-46-15-12-44(13-16-47-2)11-4-7-36(45)43-33-19-30-32(20-35(33)50-29-10-14-48-24-29)41-22-26(21-40)37(30)42-28-8-9-34(31(38)18-28)49-23-25-5-3-6-27(39)17-25/h3-9,17-20,22,29H,10-16,23-24H2,1-2H3,(H,41,42)(H,43,45)/b7-4+. The first-order valence-corrected chi connectivity index (χ1v) is 16.5. The van der Waals surface area contributed by atoms with Gasteiger partial charge in [0.15, 0.2) is 0 Å². The zero-order chi connectivity index (χ0) is 35.3. The maximum absolute atomic E-state index is 13.6. The molecule has 13 heteroatoms. The number of halogens is 2. The molecule has 5 rings (SSSR count). The Balaban J connectivity index is 1.40. The van der Waals surface area contributed by atoms with Crippen molar-refractivity contribution in [3.8, 4) is 17.6 Å². The van der Waals surface area contributed by atoms with Gasteiger partial charge in [-0.1, -0.05) is 29.8 Å². The van der Waals surface area contributed by atoms with Crippen LogP contribution >= 0.6 is 11.6 Å². The fraction of sp³-hybridized carbons (Fsp3) is 0.324. The van der Waals surface area contributed by atoms with Crippen molar-refractivity contribution in [2.45, 2.75) is 19.1 Å². The maximum Gasteiger partial charge on any atom is 0.248 e. The highest BCUT2D eigenvalue weighted by Crippen LogP contribution is 2.38. The summed E-state index contributed by atoms with van der Waals surface area (Å²) in [5.41, 5.74) is 2.95. The first kappa shape index (κ1) is 36.5. The minimum Gasteiger partial charge on any atom is -0.487 e. The van der Waals surface area contributed by atoms with Crippen LogP contribution in [-0.4, -0.2) is 82.2 Å². The normalized spacial score (nSPS) is 14.3. The first-order valence-electron chi connectivity index (χ1n) is 16.1. The van der Waals surface area contributed by atoms with Crippen LogP contribution in [0.4, 0.5) is 21.5 Å². The number of carbonyl (C=O) groups excluding carboxylic acids is 1. The van der Waals surface area contributed by atoms with E-state index in [0.717, 1.165) is 0 Å². The number of benzene rings is 3. The van der Waals surface area contributed by atoms with Gasteiger partial charge in [-0.15, -0.1) is 0 Å². The van der Waals surface area contributed by atoms with Crippen molar-refractivity contribution in [1.29, 1.82) is 5.26 Å². The van der Waals surface area contributed by atoms with Crippen LogP contribution in [-0.2, 0) is 25.6 Å². The van der Waals surface area contributed by atoms with Crippen LogP contribution in [0.1, 0.15) is 17.5 Å². The molecule has 1 aliphatic rings. The molecular weight excluding hydrogens is 665 g/mol. The molecular formula is C37H39ClFN5O6. The fourth-order valence-electron chi connectivity index (χ4n) is 5.27. The van der Waals surface area contributed by atoms with Crippen LogP contribution in [0.3, 0.4) is 0 Å². The van der Waals surface area contributed by atoms with E-state index >= 15 is 0 Å². The van der Waals surface area contributed by atoms with E-state index in [9.17, 15) is 14.4 Å². The van der Waals surface area contributed by atoms with Crippen molar-refractivity contribution in [3.63, 3.8) is 0 Å². The first-order chi connectivity index (χ1) is 24.4. The molecule has 3 aromatic carbocycles. The molecule has 0 aliphatic carbocycles. The van der Waals surface area contributed by atoms with Gasteiger partial charge in [0.2, 0.25) is 5.91 Å². The number of pyridine rings is 1. The Morgan fingerprint density at radius 2 is 1.96 bits per heavy atom. The van der Waals surface area contributed by atoms with Crippen molar-refractivity contribution in [1.82, 2.24) is 9.88 Å². The minimum atomic E-state index is -0.352. The van der Waals surface area contributed by atoms with E-state index in [1.807, 2.05) is 0 Å². The average molecular weight is 704 g/mol. The highest BCUT2D eigenvalue weighted by Gasteiger charge is 2.21. The predicted octanol–water partition coefficient (Wildman–Crippen LogP) is 6.48. The van der Waals surface area contributed by atoms with Crippen LogP contribution in [0.25, 0.3) is 10.9 Å². The number of hydrogen-bond donors (Lipinski definition) is 2. The molecule has 11 nitrogen and oxygen atoms in total. The van der Waals surface area contributed by atoms with E-state index in [4.69, 9.17) is 35.3 Å². The number of rotatable bonds is 17. The molecule has 4 aromatic rings. The van der Waals surface area contributed by atoms with Gasteiger partial charge in [0.05, 0.1) is 53.9 Å².